The summed E-state index contributed by atoms with van der Waals surface area (Å²) in [5.74, 6) is 0.633. The van der Waals surface area contributed by atoms with Crippen LogP contribution in [0.15, 0.2) is 41.9 Å². The van der Waals surface area contributed by atoms with Crippen molar-refractivity contribution in [2.45, 2.75) is 20.8 Å². The zero-order valence-electron chi connectivity index (χ0n) is 16.4. The molecule has 5 rings (SSSR count). The van der Waals surface area contributed by atoms with E-state index in [4.69, 9.17) is 14.9 Å². The second-order valence-corrected chi connectivity index (χ2v) is 8.33. The van der Waals surface area contributed by atoms with E-state index in [-0.39, 0.29) is 0 Å². The molecule has 0 bridgehead atoms. The normalized spacial score (nSPS) is 10.8. The summed E-state index contributed by atoms with van der Waals surface area (Å²) >= 11 is 3.28. The molecule has 2 N–H and O–H groups in total. The third kappa shape index (κ3) is 3.87. The molecule has 0 saturated heterocycles. The smallest absolute Gasteiger partial charge is 0.300 e. The lowest BCUT2D eigenvalue weighted by atomic mass is 10.1. The minimum atomic E-state index is -0.833. The zero-order chi connectivity index (χ0) is 21.3. The molecule has 30 heavy (non-hydrogen) atoms. The van der Waals surface area contributed by atoms with Crippen molar-refractivity contribution in [2.24, 2.45) is 0 Å². The Bertz CT molecular complexity index is 1310. The molecule has 0 unspecified atom stereocenters. The van der Waals surface area contributed by atoms with E-state index in [0.717, 1.165) is 50.0 Å². The van der Waals surface area contributed by atoms with Crippen LogP contribution >= 0.6 is 22.7 Å². The zero-order valence-corrected chi connectivity index (χ0v) is 18.1. The third-order valence-corrected chi connectivity index (χ3v) is 6.05. The molecular formula is C20H18N6O2S2. The third-order valence-electron chi connectivity index (χ3n) is 4.11. The second-order valence-electron chi connectivity index (χ2n) is 6.44. The number of nitrogens with zero attached hydrogens (tertiary/aromatic N) is 5. The number of rotatable bonds is 3. The minimum absolute atomic E-state index is 0.678. The Balaban J connectivity index is 0.000000503. The minimum Gasteiger partial charge on any atom is -0.481 e. The fraction of sp³-hybridized carbons (Fsp3) is 0.150. The molecule has 0 aliphatic carbocycles. The lowest BCUT2D eigenvalue weighted by Crippen LogP contribution is -1.84. The van der Waals surface area contributed by atoms with Crippen LogP contribution in [-0.2, 0) is 4.79 Å². The van der Waals surface area contributed by atoms with E-state index in [1.165, 1.54) is 0 Å². The number of hydrogen-bond acceptors (Lipinski definition) is 7. The number of thiazole rings is 2. The van der Waals surface area contributed by atoms with Gasteiger partial charge < -0.3 is 5.11 Å². The average Bonchev–Trinajstić information content (AvgIpc) is 3.45. The van der Waals surface area contributed by atoms with Gasteiger partial charge in [0.25, 0.3) is 5.97 Å². The summed E-state index contributed by atoms with van der Waals surface area (Å²) in [6, 6.07) is 10.2. The SMILES string of the molecule is CC(=O)O.Cc1nc(-c2sc(-c3c(C)nn4ccsc34)nc2-c2ccccc2)n[nH]1. The summed E-state index contributed by atoms with van der Waals surface area (Å²) in [4.78, 5) is 20.6. The first-order chi connectivity index (χ1) is 14.4. The number of carbonyl (C=O) groups is 1. The summed E-state index contributed by atoms with van der Waals surface area (Å²) < 4.78 is 1.91. The molecule has 0 amide bonds. The Morgan fingerprint density at radius 3 is 2.57 bits per heavy atom. The van der Waals surface area contributed by atoms with Gasteiger partial charge in [-0.2, -0.15) is 10.2 Å². The maximum atomic E-state index is 9.00. The highest BCUT2D eigenvalue weighted by atomic mass is 32.1. The molecule has 0 radical (unpaired) electrons. The molecule has 0 aliphatic heterocycles. The van der Waals surface area contributed by atoms with E-state index in [1.807, 2.05) is 48.1 Å². The van der Waals surface area contributed by atoms with Crippen molar-refractivity contribution in [1.82, 2.24) is 29.8 Å². The number of carboxylic acids is 1. The Morgan fingerprint density at radius 2 is 1.90 bits per heavy atom. The molecule has 0 spiro atoms. The van der Waals surface area contributed by atoms with Gasteiger partial charge in [-0.25, -0.2) is 14.5 Å². The van der Waals surface area contributed by atoms with Gasteiger partial charge in [0.05, 0.1) is 17.0 Å². The lowest BCUT2D eigenvalue weighted by Gasteiger charge is -1.98. The number of carboxylic acid groups (broad SMARTS) is 1. The number of aromatic amines is 1. The summed E-state index contributed by atoms with van der Waals surface area (Å²) in [7, 11) is 0. The van der Waals surface area contributed by atoms with Crippen molar-refractivity contribution < 1.29 is 9.90 Å². The molecule has 4 aromatic heterocycles. The largest absolute Gasteiger partial charge is 0.481 e. The Labute approximate surface area is 179 Å². The quantitative estimate of drug-likeness (QED) is 0.423. The highest BCUT2D eigenvalue weighted by Gasteiger charge is 2.22. The Morgan fingerprint density at radius 1 is 1.17 bits per heavy atom. The highest BCUT2D eigenvalue weighted by Crippen LogP contribution is 2.42. The van der Waals surface area contributed by atoms with Crippen LogP contribution in [-0.4, -0.2) is 40.9 Å². The van der Waals surface area contributed by atoms with Gasteiger partial charge in [0.15, 0.2) is 5.82 Å². The van der Waals surface area contributed by atoms with Crippen molar-refractivity contribution in [3.63, 3.8) is 0 Å². The maximum Gasteiger partial charge on any atom is 0.300 e. The van der Waals surface area contributed by atoms with Gasteiger partial charge in [-0.05, 0) is 13.8 Å². The van der Waals surface area contributed by atoms with Crippen molar-refractivity contribution in [2.75, 3.05) is 0 Å². The summed E-state index contributed by atoms with van der Waals surface area (Å²) in [6.45, 7) is 5.01. The van der Waals surface area contributed by atoms with Crippen molar-refractivity contribution in [1.29, 1.82) is 0 Å². The van der Waals surface area contributed by atoms with Crippen molar-refractivity contribution >= 4 is 33.5 Å². The molecule has 4 heterocycles. The number of aryl methyl sites for hydroxylation is 2. The number of nitrogens with one attached hydrogen (secondary N) is 1. The Kier molecular flexibility index (Phi) is 5.42. The van der Waals surface area contributed by atoms with Gasteiger partial charge in [-0.3, -0.25) is 9.89 Å². The Hall–Kier alpha value is -3.37. The first-order valence-electron chi connectivity index (χ1n) is 9.02. The molecule has 0 saturated carbocycles. The first kappa shape index (κ1) is 19.9. The predicted molar refractivity (Wildman–Crippen MR) is 118 cm³/mol. The first-order valence-corrected chi connectivity index (χ1v) is 10.7. The fourth-order valence-electron chi connectivity index (χ4n) is 2.95. The predicted octanol–water partition coefficient (Wildman–Crippen LogP) is 4.68. The van der Waals surface area contributed by atoms with Gasteiger partial charge in [0.1, 0.15) is 20.5 Å². The van der Waals surface area contributed by atoms with E-state index in [0.29, 0.717) is 5.82 Å². The van der Waals surface area contributed by atoms with Gasteiger partial charge in [0, 0.05) is 24.1 Å². The van der Waals surface area contributed by atoms with Crippen LogP contribution in [0.1, 0.15) is 18.4 Å². The molecule has 5 aromatic rings. The van der Waals surface area contributed by atoms with Gasteiger partial charge >= 0.3 is 0 Å². The van der Waals surface area contributed by atoms with E-state index in [1.54, 1.807) is 22.7 Å². The summed E-state index contributed by atoms with van der Waals surface area (Å²) in [5.41, 5.74) is 4.02. The maximum absolute atomic E-state index is 9.00. The topological polar surface area (TPSA) is 109 Å². The highest BCUT2D eigenvalue weighted by molar-refractivity contribution is 7.20. The number of H-pyrrole nitrogens is 1. The van der Waals surface area contributed by atoms with Crippen molar-refractivity contribution in [3.05, 3.63) is 53.4 Å². The van der Waals surface area contributed by atoms with Crippen LogP contribution in [0.3, 0.4) is 0 Å². The number of benzene rings is 1. The van der Waals surface area contributed by atoms with E-state index >= 15 is 0 Å². The van der Waals surface area contributed by atoms with E-state index in [2.05, 4.69) is 32.4 Å². The number of fused-ring (bicyclic) bond motifs is 1. The van der Waals surface area contributed by atoms with Crippen LogP contribution < -0.4 is 0 Å². The van der Waals surface area contributed by atoms with E-state index in [9.17, 15) is 0 Å². The van der Waals surface area contributed by atoms with Crippen LogP contribution in [0.2, 0.25) is 0 Å². The summed E-state index contributed by atoms with van der Waals surface area (Å²) in [5, 5.41) is 22.3. The molecule has 8 nitrogen and oxygen atoms in total. The second kappa shape index (κ2) is 8.17. The van der Waals surface area contributed by atoms with Crippen LogP contribution in [0.5, 0.6) is 0 Å². The standard InChI is InChI=1S/C18H14N6S2.C2H4O2/c1-10-13(18-24(23-10)8-9-25-18)17-20-14(12-6-4-3-5-7-12)15(26-17)16-19-11(2)21-22-16;1-2(3)4/h3-9H,1-2H3,(H,19,21,22);1H3,(H,3,4). The molecule has 0 fully saturated rings. The number of aliphatic carboxylic acids is 1. The van der Waals surface area contributed by atoms with E-state index < -0.39 is 5.97 Å². The van der Waals surface area contributed by atoms with Gasteiger partial charge in [-0.1, -0.05) is 30.3 Å². The molecule has 0 aliphatic rings. The lowest BCUT2D eigenvalue weighted by molar-refractivity contribution is -0.134. The molecule has 1 aromatic carbocycles. The van der Waals surface area contributed by atoms with Crippen LogP contribution in [0, 0.1) is 13.8 Å². The van der Waals surface area contributed by atoms with Crippen LogP contribution in [0.25, 0.3) is 37.4 Å². The van der Waals surface area contributed by atoms with Gasteiger partial charge in [-0.15, -0.1) is 22.7 Å². The van der Waals surface area contributed by atoms with Crippen molar-refractivity contribution in [3.8, 4) is 32.5 Å². The number of hydrogen-bond donors (Lipinski definition) is 2. The molecule has 152 valence electrons. The molecule has 10 heteroatoms. The summed E-state index contributed by atoms with van der Waals surface area (Å²) in [6.07, 6.45) is 1.97. The molecule has 0 atom stereocenters. The fourth-order valence-corrected chi connectivity index (χ4v) is 5.01. The average molecular weight is 439 g/mol. The monoisotopic (exact) mass is 438 g/mol. The van der Waals surface area contributed by atoms with Gasteiger partial charge in [0.2, 0.25) is 0 Å². The van der Waals surface area contributed by atoms with Crippen LogP contribution in [0.4, 0.5) is 0 Å². The number of aromatic nitrogens is 6. The molecular weight excluding hydrogens is 420 g/mol.